The van der Waals surface area contributed by atoms with Gasteiger partial charge in [-0.1, -0.05) is 24.2 Å². The molecular formula is C14H24N4OS. The van der Waals surface area contributed by atoms with Crippen LogP contribution in [0.25, 0.3) is 0 Å². The fourth-order valence-electron chi connectivity index (χ4n) is 2.28. The quantitative estimate of drug-likeness (QED) is 0.880. The van der Waals surface area contributed by atoms with E-state index in [2.05, 4.69) is 31.1 Å². The summed E-state index contributed by atoms with van der Waals surface area (Å²) in [6, 6.07) is 0. The summed E-state index contributed by atoms with van der Waals surface area (Å²) in [6.07, 6.45) is 4.58. The Kier molecular flexibility index (Phi) is 4.52. The lowest BCUT2D eigenvalue weighted by Crippen LogP contribution is -2.31. The Labute approximate surface area is 124 Å². The van der Waals surface area contributed by atoms with Crippen LogP contribution < -0.4 is 11.1 Å². The van der Waals surface area contributed by atoms with Crippen molar-refractivity contribution in [3.63, 3.8) is 0 Å². The molecule has 0 spiro atoms. The van der Waals surface area contributed by atoms with Crippen molar-refractivity contribution in [3.05, 3.63) is 4.88 Å². The first kappa shape index (κ1) is 15.1. The molecule has 1 aromatic rings. The summed E-state index contributed by atoms with van der Waals surface area (Å²) in [6.45, 7) is 7.83. The molecular weight excluding hydrogens is 272 g/mol. The fraction of sp³-hybridized carbons (Fsp3) is 0.714. The summed E-state index contributed by atoms with van der Waals surface area (Å²) in [4.78, 5) is 19.3. The summed E-state index contributed by atoms with van der Waals surface area (Å²) in [7, 11) is 0. The highest BCUT2D eigenvalue weighted by atomic mass is 32.1. The van der Waals surface area contributed by atoms with E-state index in [-0.39, 0.29) is 11.4 Å². The van der Waals surface area contributed by atoms with Crippen molar-refractivity contribution in [1.82, 2.24) is 9.88 Å². The number of carbonyl (C=O) groups excluding carboxylic acids is 1. The van der Waals surface area contributed by atoms with Crippen LogP contribution in [0.1, 0.15) is 56.1 Å². The van der Waals surface area contributed by atoms with Crippen LogP contribution in [0, 0.1) is 0 Å². The Morgan fingerprint density at radius 1 is 1.25 bits per heavy atom. The molecule has 1 aliphatic heterocycles. The van der Waals surface area contributed by atoms with E-state index in [0.29, 0.717) is 15.8 Å². The number of nitrogen functional groups attached to an aromatic ring is 1. The van der Waals surface area contributed by atoms with Gasteiger partial charge in [0.2, 0.25) is 0 Å². The predicted octanol–water partition coefficient (Wildman–Crippen LogP) is 2.95. The molecule has 0 aromatic carbocycles. The van der Waals surface area contributed by atoms with Crippen molar-refractivity contribution in [2.75, 3.05) is 24.1 Å². The Bertz CT molecular complexity index is 470. The topological polar surface area (TPSA) is 71.2 Å². The van der Waals surface area contributed by atoms with Gasteiger partial charge in [-0.05, 0) is 33.6 Å². The molecule has 6 heteroatoms. The third-order valence-corrected chi connectivity index (χ3v) is 4.20. The first-order chi connectivity index (χ1) is 9.37. The minimum Gasteiger partial charge on any atom is -0.382 e. The van der Waals surface area contributed by atoms with E-state index in [1.165, 1.54) is 24.2 Å². The van der Waals surface area contributed by atoms with Crippen LogP contribution in [0.4, 0.5) is 10.9 Å². The summed E-state index contributed by atoms with van der Waals surface area (Å²) in [5, 5.41) is 3.99. The van der Waals surface area contributed by atoms with Crippen LogP contribution in [-0.2, 0) is 0 Å². The molecule has 1 aromatic heterocycles. The van der Waals surface area contributed by atoms with E-state index >= 15 is 0 Å². The van der Waals surface area contributed by atoms with Crippen LogP contribution in [0.2, 0.25) is 0 Å². The molecule has 0 unspecified atom stereocenters. The van der Waals surface area contributed by atoms with Gasteiger partial charge in [0.05, 0.1) is 0 Å². The number of amides is 1. The summed E-state index contributed by atoms with van der Waals surface area (Å²) in [5.41, 5.74) is 5.83. The SMILES string of the molecule is CC(C)(C)Nc1nc(N)c(C(=O)N2CCCCCC2)s1. The van der Waals surface area contributed by atoms with E-state index in [1.807, 2.05) is 4.90 Å². The third-order valence-electron chi connectivity index (χ3n) is 3.22. The van der Waals surface area contributed by atoms with Gasteiger partial charge in [-0.3, -0.25) is 4.79 Å². The fourth-order valence-corrected chi connectivity index (χ4v) is 3.34. The monoisotopic (exact) mass is 296 g/mol. The van der Waals surface area contributed by atoms with E-state index in [1.54, 1.807) is 0 Å². The molecule has 1 saturated heterocycles. The molecule has 112 valence electrons. The molecule has 0 bridgehead atoms. The molecule has 3 N–H and O–H groups in total. The lowest BCUT2D eigenvalue weighted by molar-refractivity contribution is 0.0767. The van der Waals surface area contributed by atoms with Gasteiger partial charge in [-0.15, -0.1) is 0 Å². The van der Waals surface area contributed by atoms with Gasteiger partial charge in [0, 0.05) is 18.6 Å². The zero-order chi connectivity index (χ0) is 14.8. The number of hydrogen-bond acceptors (Lipinski definition) is 5. The van der Waals surface area contributed by atoms with Gasteiger partial charge in [0.15, 0.2) is 5.13 Å². The maximum atomic E-state index is 12.5. The highest BCUT2D eigenvalue weighted by Crippen LogP contribution is 2.29. The van der Waals surface area contributed by atoms with Crippen molar-refractivity contribution in [2.24, 2.45) is 0 Å². The van der Waals surface area contributed by atoms with Crippen LogP contribution in [0.5, 0.6) is 0 Å². The van der Waals surface area contributed by atoms with Crippen molar-refractivity contribution >= 4 is 28.2 Å². The number of nitrogens with one attached hydrogen (secondary N) is 1. The average molecular weight is 296 g/mol. The number of anilines is 2. The number of thiazole rings is 1. The standard InChI is InChI=1S/C14H24N4OS/c1-14(2,3)17-13-16-11(15)10(20-13)12(19)18-8-6-4-5-7-9-18/h4-9,15H2,1-3H3,(H,16,17). The van der Waals surface area contributed by atoms with Crippen LogP contribution in [-0.4, -0.2) is 34.4 Å². The maximum Gasteiger partial charge on any atom is 0.267 e. The first-order valence-corrected chi connectivity index (χ1v) is 8.02. The molecule has 0 radical (unpaired) electrons. The van der Waals surface area contributed by atoms with Gasteiger partial charge < -0.3 is 16.0 Å². The lowest BCUT2D eigenvalue weighted by Gasteiger charge is -2.20. The minimum atomic E-state index is -0.0901. The van der Waals surface area contributed by atoms with Gasteiger partial charge >= 0.3 is 0 Å². The highest BCUT2D eigenvalue weighted by molar-refractivity contribution is 7.18. The van der Waals surface area contributed by atoms with Crippen molar-refractivity contribution in [2.45, 2.75) is 52.0 Å². The highest BCUT2D eigenvalue weighted by Gasteiger charge is 2.24. The molecule has 2 rings (SSSR count). The summed E-state index contributed by atoms with van der Waals surface area (Å²) in [5.74, 6) is 0.375. The zero-order valence-electron chi connectivity index (χ0n) is 12.5. The number of nitrogens with zero attached hydrogens (tertiary/aromatic N) is 2. The average Bonchev–Trinajstić information content (AvgIpc) is 2.56. The zero-order valence-corrected chi connectivity index (χ0v) is 13.3. The van der Waals surface area contributed by atoms with Crippen molar-refractivity contribution in [1.29, 1.82) is 0 Å². The second kappa shape index (κ2) is 5.99. The Morgan fingerprint density at radius 3 is 2.40 bits per heavy atom. The second-order valence-electron chi connectivity index (χ2n) is 6.31. The van der Waals surface area contributed by atoms with Crippen molar-refractivity contribution < 1.29 is 4.79 Å². The summed E-state index contributed by atoms with van der Waals surface area (Å²) < 4.78 is 0. The molecule has 1 aliphatic rings. The number of likely N-dealkylation sites (tertiary alicyclic amines) is 1. The molecule has 0 saturated carbocycles. The molecule has 20 heavy (non-hydrogen) atoms. The first-order valence-electron chi connectivity index (χ1n) is 7.20. The minimum absolute atomic E-state index is 0.0314. The Morgan fingerprint density at radius 2 is 1.85 bits per heavy atom. The van der Waals surface area contributed by atoms with Crippen LogP contribution >= 0.6 is 11.3 Å². The molecule has 1 fully saturated rings. The molecule has 2 heterocycles. The van der Waals surface area contributed by atoms with E-state index < -0.39 is 0 Å². The largest absolute Gasteiger partial charge is 0.382 e. The number of aromatic nitrogens is 1. The van der Waals surface area contributed by atoms with Crippen LogP contribution in [0.3, 0.4) is 0 Å². The van der Waals surface area contributed by atoms with Gasteiger partial charge in [0.25, 0.3) is 5.91 Å². The van der Waals surface area contributed by atoms with E-state index in [9.17, 15) is 4.79 Å². The number of carbonyl (C=O) groups is 1. The van der Waals surface area contributed by atoms with Crippen LogP contribution in [0.15, 0.2) is 0 Å². The second-order valence-corrected chi connectivity index (χ2v) is 7.31. The molecule has 0 aliphatic carbocycles. The normalized spacial score (nSPS) is 16.9. The van der Waals surface area contributed by atoms with E-state index in [0.717, 1.165) is 25.9 Å². The molecule has 0 atom stereocenters. The Balaban J connectivity index is 2.13. The number of rotatable bonds is 2. The summed E-state index contributed by atoms with van der Waals surface area (Å²) >= 11 is 1.36. The Hall–Kier alpha value is -1.30. The van der Waals surface area contributed by atoms with E-state index in [4.69, 9.17) is 5.73 Å². The van der Waals surface area contributed by atoms with Gasteiger partial charge in [-0.25, -0.2) is 4.98 Å². The van der Waals surface area contributed by atoms with Crippen molar-refractivity contribution in [3.8, 4) is 0 Å². The molecule has 5 nitrogen and oxygen atoms in total. The predicted molar refractivity (Wildman–Crippen MR) is 84.3 cm³/mol. The molecule has 1 amide bonds. The van der Waals surface area contributed by atoms with Gasteiger partial charge in [0.1, 0.15) is 10.7 Å². The maximum absolute atomic E-state index is 12.5. The number of hydrogen-bond donors (Lipinski definition) is 2. The lowest BCUT2D eigenvalue weighted by atomic mass is 10.1. The smallest absolute Gasteiger partial charge is 0.267 e. The third kappa shape index (κ3) is 3.85. The number of nitrogens with two attached hydrogens (primary N) is 1. The van der Waals surface area contributed by atoms with Gasteiger partial charge in [-0.2, -0.15) is 0 Å².